The molecule has 0 unspecified atom stereocenters. The third kappa shape index (κ3) is 7.53. The van der Waals surface area contributed by atoms with E-state index in [0.717, 1.165) is 17.5 Å². The maximum Gasteiger partial charge on any atom is 0.261 e. The van der Waals surface area contributed by atoms with Crippen LogP contribution in [0.3, 0.4) is 0 Å². The van der Waals surface area contributed by atoms with Crippen molar-refractivity contribution in [1.82, 2.24) is 10.2 Å². The summed E-state index contributed by atoms with van der Waals surface area (Å²) in [5.41, 5.74) is 2.42. The molecule has 0 spiro atoms. The Balaban J connectivity index is 2.29. The maximum absolute atomic E-state index is 13.3. The van der Waals surface area contributed by atoms with Crippen LogP contribution in [0.15, 0.2) is 30.3 Å². The van der Waals surface area contributed by atoms with Gasteiger partial charge < -0.3 is 15.0 Å². The lowest BCUT2D eigenvalue weighted by atomic mass is 10.1. The number of amides is 2. The molecule has 0 saturated carbocycles. The van der Waals surface area contributed by atoms with Crippen LogP contribution in [0, 0.1) is 13.8 Å². The molecule has 0 heterocycles. The van der Waals surface area contributed by atoms with E-state index < -0.39 is 6.04 Å². The summed E-state index contributed by atoms with van der Waals surface area (Å²) in [4.78, 5) is 27.8. The van der Waals surface area contributed by atoms with Crippen LogP contribution in [0.25, 0.3) is 0 Å². The fourth-order valence-electron chi connectivity index (χ4n) is 3.41. The molecular formula is C25H31Cl3N2O3. The van der Waals surface area contributed by atoms with E-state index in [9.17, 15) is 9.59 Å². The van der Waals surface area contributed by atoms with Gasteiger partial charge in [-0.25, -0.2) is 0 Å². The van der Waals surface area contributed by atoms with Crippen molar-refractivity contribution in [2.24, 2.45) is 0 Å². The predicted octanol–water partition coefficient (Wildman–Crippen LogP) is 6.36. The molecule has 2 rings (SSSR count). The average molecular weight is 514 g/mol. The second kappa shape index (κ2) is 12.5. The zero-order chi connectivity index (χ0) is 24.7. The highest BCUT2D eigenvalue weighted by molar-refractivity contribution is 6.35. The first kappa shape index (κ1) is 27.3. The van der Waals surface area contributed by atoms with Crippen LogP contribution < -0.4 is 10.1 Å². The van der Waals surface area contributed by atoms with E-state index in [2.05, 4.69) is 5.32 Å². The van der Waals surface area contributed by atoms with Crippen LogP contribution in [-0.2, 0) is 16.1 Å². The van der Waals surface area contributed by atoms with E-state index in [-0.39, 0.29) is 31.0 Å². The lowest BCUT2D eigenvalue weighted by Gasteiger charge is -2.31. The van der Waals surface area contributed by atoms with E-state index in [0.29, 0.717) is 32.8 Å². The number of carbonyl (C=O) groups is 2. The monoisotopic (exact) mass is 512 g/mol. The van der Waals surface area contributed by atoms with E-state index in [1.54, 1.807) is 30.3 Å². The Morgan fingerprint density at radius 2 is 1.67 bits per heavy atom. The van der Waals surface area contributed by atoms with Crippen LogP contribution in [0.1, 0.15) is 50.3 Å². The fourth-order valence-corrected chi connectivity index (χ4v) is 3.99. The highest BCUT2D eigenvalue weighted by Gasteiger charge is 2.30. The van der Waals surface area contributed by atoms with E-state index >= 15 is 0 Å². The van der Waals surface area contributed by atoms with Crippen LogP contribution in [0.4, 0.5) is 0 Å². The number of nitrogens with zero attached hydrogens (tertiary/aromatic N) is 1. The van der Waals surface area contributed by atoms with Gasteiger partial charge in [0, 0.05) is 27.7 Å². The Labute approximate surface area is 211 Å². The molecule has 180 valence electrons. The Kier molecular flexibility index (Phi) is 10.3. The van der Waals surface area contributed by atoms with Crippen LogP contribution in [0.5, 0.6) is 5.75 Å². The molecule has 2 amide bonds. The summed E-state index contributed by atoms with van der Waals surface area (Å²) >= 11 is 18.6. The topological polar surface area (TPSA) is 58.6 Å². The summed E-state index contributed by atoms with van der Waals surface area (Å²) in [5.74, 6) is 0.0187. The van der Waals surface area contributed by atoms with Crippen LogP contribution in [0.2, 0.25) is 15.1 Å². The third-order valence-electron chi connectivity index (χ3n) is 5.52. The highest BCUT2D eigenvalue weighted by atomic mass is 35.5. The molecule has 0 saturated heterocycles. The van der Waals surface area contributed by atoms with Gasteiger partial charge in [0.1, 0.15) is 11.8 Å². The summed E-state index contributed by atoms with van der Waals surface area (Å²) in [5, 5.41) is 4.58. The lowest BCUT2D eigenvalue weighted by molar-refractivity contribution is -0.143. The molecule has 2 aromatic carbocycles. The van der Waals surface area contributed by atoms with Gasteiger partial charge in [0.2, 0.25) is 5.91 Å². The molecule has 2 aromatic rings. The van der Waals surface area contributed by atoms with Crippen molar-refractivity contribution < 1.29 is 14.3 Å². The lowest BCUT2D eigenvalue weighted by Crippen LogP contribution is -2.51. The van der Waals surface area contributed by atoms with E-state index in [4.69, 9.17) is 39.5 Å². The molecule has 8 heteroatoms. The van der Waals surface area contributed by atoms with Crippen molar-refractivity contribution in [2.45, 2.75) is 66.1 Å². The number of carbonyl (C=O) groups excluding carboxylic acids is 2. The first-order valence-corrected chi connectivity index (χ1v) is 12.1. The van der Waals surface area contributed by atoms with Crippen LogP contribution >= 0.6 is 34.8 Å². The smallest absolute Gasteiger partial charge is 0.261 e. The van der Waals surface area contributed by atoms with Gasteiger partial charge in [-0.05, 0) is 74.6 Å². The summed E-state index contributed by atoms with van der Waals surface area (Å²) in [7, 11) is 0. The number of hydrogen-bond acceptors (Lipinski definition) is 3. The number of halogens is 3. The van der Waals surface area contributed by atoms with Crippen molar-refractivity contribution in [1.29, 1.82) is 0 Å². The molecule has 2 atom stereocenters. The number of nitrogens with one attached hydrogen (secondary N) is 1. The van der Waals surface area contributed by atoms with Gasteiger partial charge >= 0.3 is 0 Å². The highest BCUT2D eigenvalue weighted by Crippen LogP contribution is 2.27. The summed E-state index contributed by atoms with van der Waals surface area (Å²) in [6.07, 6.45) is 1.23. The van der Waals surface area contributed by atoms with Crippen molar-refractivity contribution >= 4 is 46.6 Å². The van der Waals surface area contributed by atoms with Gasteiger partial charge in [-0.15, -0.1) is 0 Å². The minimum absolute atomic E-state index is 0.00103. The van der Waals surface area contributed by atoms with Gasteiger partial charge in [0.15, 0.2) is 6.61 Å². The molecule has 1 N–H and O–H groups in total. The predicted molar refractivity (Wildman–Crippen MR) is 135 cm³/mol. The zero-order valence-electron chi connectivity index (χ0n) is 19.7. The number of hydrogen-bond donors (Lipinski definition) is 1. The Morgan fingerprint density at radius 1 is 1.03 bits per heavy atom. The summed E-state index contributed by atoms with van der Waals surface area (Å²) in [6, 6.07) is 8.00. The first-order chi connectivity index (χ1) is 15.6. The quantitative estimate of drug-likeness (QED) is 0.402. The van der Waals surface area contributed by atoms with Crippen LogP contribution in [-0.4, -0.2) is 35.4 Å². The number of ether oxygens (including phenoxy) is 1. The fraction of sp³-hybridized carbons (Fsp3) is 0.440. The largest absolute Gasteiger partial charge is 0.484 e. The Morgan fingerprint density at radius 3 is 2.21 bits per heavy atom. The van der Waals surface area contributed by atoms with Crippen molar-refractivity contribution in [3.63, 3.8) is 0 Å². The zero-order valence-corrected chi connectivity index (χ0v) is 21.9. The van der Waals surface area contributed by atoms with E-state index in [1.807, 2.05) is 34.6 Å². The van der Waals surface area contributed by atoms with Crippen molar-refractivity contribution in [3.8, 4) is 5.75 Å². The van der Waals surface area contributed by atoms with Gasteiger partial charge in [-0.3, -0.25) is 9.59 Å². The third-order valence-corrected chi connectivity index (χ3v) is 6.70. The van der Waals surface area contributed by atoms with Gasteiger partial charge in [-0.2, -0.15) is 0 Å². The molecule has 0 radical (unpaired) electrons. The molecule has 0 aromatic heterocycles. The second-order valence-corrected chi connectivity index (χ2v) is 9.38. The molecule has 33 heavy (non-hydrogen) atoms. The van der Waals surface area contributed by atoms with Gasteiger partial charge in [-0.1, -0.05) is 54.7 Å². The summed E-state index contributed by atoms with van der Waals surface area (Å²) in [6.45, 7) is 9.49. The number of rotatable bonds is 10. The maximum atomic E-state index is 13.3. The van der Waals surface area contributed by atoms with Crippen molar-refractivity contribution in [3.05, 3.63) is 62.1 Å². The molecule has 0 aliphatic carbocycles. The van der Waals surface area contributed by atoms with Gasteiger partial charge in [0.25, 0.3) is 5.91 Å². The SMILES string of the molecule is CC[C@H](C(=O)N[C@@H](C)CC)N(Cc1ccc(Cl)cc1Cl)C(=O)COc1cc(C)c(Cl)c(C)c1. The van der Waals surface area contributed by atoms with Gasteiger partial charge in [0.05, 0.1) is 0 Å². The average Bonchev–Trinajstić information content (AvgIpc) is 2.76. The number of benzene rings is 2. The molecule has 0 bridgehead atoms. The number of aryl methyl sites for hydroxylation is 2. The normalized spacial score (nSPS) is 12.7. The molecule has 0 fully saturated rings. The Hall–Kier alpha value is -1.95. The van der Waals surface area contributed by atoms with Crippen molar-refractivity contribution in [2.75, 3.05) is 6.61 Å². The van der Waals surface area contributed by atoms with E-state index in [1.165, 1.54) is 4.90 Å². The minimum Gasteiger partial charge on any atom is -0.484 e. The molecule has 0 aliphatic heterocycles. The Bertz CT molecular complexity index is 974. The standard InChI is InChI=1S/C25H31Cl3N2O3/c1-6-17(5)29-25(32)22(7-2)30(13-18-8-9-19(26)12-21(18)27)23(31)14-33-20-10-15(3)24(28)16(4)11-20/h8-12,17,22H,6-7,13-14H2,1-5H3,(H,29,32)/t17-,22+/m0/s1. The second-order valence-electron chi connectivity index (χ2n) is 8.16. The minimum atomic E-state index is -0.671. The first-order valence-electron chi connectivity index (χ1n) is 11.0. The molecular weight excluding hydrogens is 483 g/mol. The summed E-state index contributed by atoms with van der Waals surface area (Å²) < 4.78 is 5.79. The molecule has 0 aliphatic rings. The molecule has 5 nitrogen and oxygen atoms in total.